The van der Waals surface area contributed by atoms with Crippen LogP contribution in [0.4, 0.5) is 10.1 Å². The second-order valence-electron chi connectivity index (χ2n) is 4.94. The van der Waals surface area contributed by atoms with Crippen LogP contribution < -0.4 is 15.6 Å². The second kappa shape index (κ2) is 7.86. The van der Waals surface area contributed by atoms with E-state index in [4.69, 9.17) is 4.74 Å². The van der Waals surface area contributed by atoms with Gasteiger partial charge >= 0.3 is 0 Å². The predicted octanol–water partition coefficient (Wildman–Crippen LogP) is 1.96. The standard InChI is InChI=1S/C16H14FN3O5/c1-10(25-14-5-3-2-4-13(14)17)15(21)18-19-16(22)11-6-8-12(9-7-11)20(23)24/h2-10H,1H3,(H,18,21)(H,19,22)/t10-/m1/s1. The Balaban J connectivity index is 1.89. The minimum Gasteiger partial charge on any atom is -0.478 e. The van der Waals surface area contributed by atoms with E-state index in [-0.39, 0.29) is 17.0 Å². The van der Waals surface area contributed by atoms with Crippen LogP contribution in [0.3, 0.4) is 0 Å². The molecule has 25 heavy (non-hydrogen) atoms. The first-order chi connectivity index (χ1) is 11.9. The normalized spacial score (nSPS) is 11.3. The van der Waals surface area contributed by atoms with Crippen molar-refractivity contribution in [2.75, 3.05) is 0 Å². The van der Waals surface area contributed by atoms with E-state index in [1.54, 1.807) is 6.07 Å². The number of ether oxygens (including phenoxy) is 1. The van der Waals surface area contributed by atoms with Crippen LogP contribution in [0.15, 0.2) is 48.5 Å². The average Bonchev–Trinajstić information content (AvgIpc) is 2.61. The van der Waals surface area contributed by atoms with Gasteiger partial charge in [0.25, 0.3) is 17.5 Å². The van der Waals surface area contributed by atoms with E-state index in [2.05, 4.69) is 10.9 Å². The van der Waals surface area contributed by atoms with Gasteiger partial charge in [0.05, 0.1) is 4.92 Å². The molecule has 0 bridgehead atoms. The van der Waals surface area contributed by atoms with Crippen molar-refractivity contribution in [2.45, 2.75) is 13.0 Å². The Bertz CT molecular complexity index is 795. The molecule has 0 saturated heterocycles. The summed E-state index contributed by atoms with van der Waals surface area (Å²) in [5.41, 5.74) is 4.24. The number of benzene rings is 2. The summed E-state index contributed by atoms with van der Waals surface area (Å²) in [4.78, 5) is 33.7. The van der Waals surface area contributed by atoms with Gasteiger partial charge < -0.3 is 4.74 Å². The summed E-state index contributed by atoms with van der Waals surface area (Å²) >= 11 is 0. The Labute approximate surface area is 141 Å². The molecule has 1 atom stereocenters. The lowest BCUT2D eigenvalue weighted by Crippen LogP contribution is -2.47. The first-order valence-electron chi connectivity index (χ1n) is 7.14. The summed E-state index contributed by atoms with van der Waals surface area (Å²) in [5.74, 6) is -2.07. The number of carbonyl (C=O) groups excluding carboxylic acids is 2. The van der Waals surface area contributed by atoms with Gasteiger partial charge in [0, 0.05) is 17.7 Å². The van der Waals surface area contributed by atoms with Crippen molar-refractivity contribution in [1.29, 1.82) is 0 Å². The molecule has 8 nitrogen and oxygen atoms in total. The fourth-order valence-electron chi connectivity index (χ4n) is 1.81. The van der Waals surface area contributed by atoms with Crippen molar-refractivity contribution >= 4 is 17.5 Å². The van der Waals surface area contributed by atoms with Crippen LogP contribution in [0, 0.1) is 15.9 Å². The Morgan fingerprint density at radius 3 is 2.36 bits per heavy atom. The van der Waals surface area contributed by atoms with Crippen molar-refractivity contribution in [3.05, 3.63) is 70.0 Å². The van der Waals surface area contributed by atoms with Crippen molar-refractivity contribution in [2.24, 2.45) is 0 Å². The summed E-state index contributed by atoms with van der Waals surface area (Å²) in [6.07, 6.45) is -1.06. The summed E-state index contributed by atoms with van der Waals surface area (Å²) in [5, 5.41) is 10.6. The summed E-state index contributed by atoms with van der Waals surface area (Å²) in [6, 6.07) is 10.4. The SMILES string of the molecule is C[C@@H](Oc1ccccc1F)C(=O)NNC(=O)c1ccc([N+](=O)[O-])cc1. The van der Waals surface area contributed by atoms with Crippen molar-refractivity contribution in [1.82, 2.24) is 10.9 Å². The van der Waals surface area contributed by atoms with Crippen LogP contribution in [0.5, 0.6) is 5.75 Å². The molecule has 2 aromatic carbocycles. The van der Waals surface area contributed by atoms with Crippen LogP contribution >= 0.6 is 0 Å². The number of nitrogens with one attached hydrogen (secondary N) is 2. The van der Waals surface area contributed by atoms with E-state index in [1.807, 2.05) is 0 Å². The van der Waals surface area contributed by atoms with Gasteiger partial charge in [0.2, 0.25) is 0 Å². The number of non-ortho nitro benzene ring substituents is 1. The second-order valence-corrected chi connectivity index (χ2v) is 4.94. The zero-order valence-corrected chi connectivity index (χ0v) is 13.1. The van der Waals surface area contributed by atoms with Crippen LogP contribution in [-0.4, -0.2) is 22.8 Å². The monoisotopic (exact) mass is 347 g/mol. The van der Waals surface area contributed by atoms with Gasteiger partial charge in [0.15, 0.2) is 17.7 Å². The largest absolute Gasteiger partial charge is 0.478 e. The first-order valence-corrected chi connectivity index (χ1v) is 7.14. The molecule has 130 valence electrons. The predicted molar refractivity (Wildman–Crippen MR) is 85.2 cm³/mol. The zero-order chi connectivity index (χ0) is 18.4. The van der Waals surface area contributed by atoms with Crippen molar-refractivity contribution in [3.63, 3.8) is 0 Å². The number of carbonyl (C=O) groups is 2. The molecule has 9 heteroatoms. The van der Waals surface area contributed by atoms with Gasteiger partial charge in [-0.3, -0.25) is 30.6 Å². The number of amides is 2. The quantitative estimate of drug-likeness (QED) is 0.634. The highest BCUT2D eigenvalue weighted by Crippen LogP contribution is 2.17. The molecule has 2 amide bonds. The molecule has 0 aliphatic carbocycles. The Kier molecular flexibility index (Phi) is 5.62. The molecule has 0 aromatic heterocycles. The van der Waals surface area contributed by atoms with Crippen LogP contribution in [-0.2, 0) is 4.79 Å². The van der Waals surface area contributed by atoms with Crippen molar-refractivity contribution < 1.29 is 23.6 Å². The third-order valence-corrected chi connectivity index (χ3v) is 3.15. The summed E-state index contributed by atoms with van der Waals surface area (Å²) in [7, 11) is 0. The lowest BCUT2D eigenvalue weighted by molar-refractivity contribution is -0.384. The van der Waals surface area contributed by atoms with Gasteiger partial charge in [-0.25, -0.2) is 4.39 Å². The fraction of sp³-hybridized carbons (Fsp3) is 0.125. The van der Waals surface area contributed by atoms with E-state index >= 15 is 0 Å². The molecular weight excluding hydrogens is 333 g/mol. The molecule has 0 aliphatic rings. The number of nitro groups is 1. The lowest BCUT2D eigenvalue weighted by Gasteiger charge is -2.15. The van der Waals surface area contributed by atoms with Gasteiger partial charge in [-0.1, -0.05) is 12.1 Å². The molecule has 0 aliphatic heterocycles. The summed E-state index contributed by atoms with van der Waals surface area (Å²) < 4.78 is 18.6. The van der Waals surface area contributed by atoms with E-state index in [0.29, 0.717) is 0 Å². The van der Waals surface area contributed by atoms with Gasteiger partial charge in [-0.05, 0) is 31.2 Å². The maximum Gasteiger partial charge on any atom is 0.279 e. The Hall–Kier alpha value is -3.49. The molecule has 2 aromatic rings. The topological polar surface area (TPSA) is 111 Å². The smallest absolute Gasteiger partial charge is 0.279 e. The highest BCUT2D eigenvalue weighted by atomic mass is 19.1. The first kappa shape index (κ1) is 17.9. The third-order valence-electron chi connectivity index (χ3n) is 3.15. The number of halogens is 1. The molecule has 0 radical (unpaired) electrons. The maximum absolute atomic E-state index is 13.5. The van der Waals surface area contributed by atoms with Gasteiger partial charge in [-0.15, -0.1) is 0 Å². The van der Waals surface area contributed by atoms with Gasteiger partial charge in [-0.2, -0.15) is 0 Å². The number of para-hydroxylation sites is 1. The lowest BCUT2D eigenvalue weighted by atomic mass is 10.2. The molecule has 0 heterocycles. The molecular formula is C16H14FN3O5. The van der Waals surface area contributed by atoms with E-state index < -0.39 is 28.7 Å². The molecule has 0 spiro atoms. The molecule has 2 rings (SSSR count). The number of hydrogen-bond donors (Lipinski definition) is 2. The molecule has 0 fully saturated rings. The van der Waals surface area contributed by atoms with E-state index in [1.165, 1.54) is 49.4 Å². The van der Waals surface area contributed by atoms with E-state index in [9.17, 15) is 24.1 Å². The molecule has 2 N–H and O–H groups in total. The number of hydrazine groups is 1. The Morgan fingerprint density at radius 1 is 1.12 bits per heavy atom. The molecule has 0 unspecified atom stereocenters. The number of nitrogens with zero attached hydrogens (tertiary/aromatic N) is 1. The van der Waals surface area contributed by atoms with Gasteiger partial charge in [0.1, 0.15) is 0 Å². The van der Waals surface area contributed by atoms with Crippen molar-refractivity contribution in [3.8, 4) is 5.75 Å². The minimum atomic E-state index is -1.06. The number of hydrogen-bond acceptors (Lipinski definition) is 5. The fourth-order valence-corrected chi connectivity index (χ4v) is 1.81. The summed E-state index contributed by atoms with van der Waals surface area (Å²) in [6.45, 7) is 1.39. The van der Waals surface area contributed by atoms with Crippen LogP contribution in [0.25, 0.3) is 0 Å². The average molecular weight is 347 g/mol. The number of rotatable bonds is 5. The third kappa shape index (κ3) is 4.74. The number of nitro benzene ring substituents is 1. The minimum absolute atomic E-state index is 0.0909. The highest BCUT2D eigenvalue weighted by Gasteiger charge is 2.17. The highest BCUT2D eigenvalue weighted by molar-refractivity contribution is 5.95. The van der Waals surface area contributed by atoms with E-state index in [0.717, 1.165) is 0 Å². The maximum atomic E-state index is 13.5. The Morgan fingerprint density at radius 2 is 1.76 bits per heavy atom. The van der Waals surface area contributed by atoms with Crippen LogP contribution in [0.2, 0.25) is 0 Å². The zero-order valence-electron chi connectivity index (χ0n) is 13.1. The van der Waals surface area contributed by atoms with Crippen LogP contribution in [0.1, 0.15) is 17.3 Å². The molecule has 0 saturated carbocycles.